The summed E-state index contributed by atoms with van der Waals surface area (Å²) in [4.78, 5) is 28.1. The molecule has 4 nitrogen and oxygen atoms in total. The minimum absolute atomic E-state index is 0.00574. The van der Waals surface area contributed by atoms with Gasteiger partial charge in [-0.25, -0.2) is 0 Å². The van der Waals surface area contributed by atoms with Crippen LogP contribution in [-0.2, 0) is 17.6 Å². The number of carbonyl (C=O) groups is 2. The van der Waals surface area contributed by atoms with Crippen molar-refractivity contribution in [3.8, 4) is 0 Å². The second-order valence-corrected chi connectivity index (χ2v) is 7.86. The van der Waals surface area contributed by atoms with Gasteiger partial charge in [0.05, 0.1) is 4.88 Å². The van der Waals surface area contributed by atoms with Crippen LogP contribution in [0.4, 0.5) is 0 Å². The first-order valence-electron chi connectivity index (χ1n) is 8.23. The highest BCUT2D eigenvalue weighted by atomic mass is 32.1. The fourth-order valence-electron chi connectivity index (χ4n) is 3.39. The van der Waals surface area contributed by atoms with Crippen LogP contribution in [0.25, 0.3) is 0 Å². The molecule has 2 amide bonds. The quantitative estimate of drug-likeness (QED) is 0.927. The van der Waals surface area contributed by atoms with Crippen LogP contribution >= 0.6 is 11.3 Å². The van der Waals surface area contributed by atoms with Gasteiger partial charge < -0.3 is 10.2 Å². The average Bonchev–Trinajstić information content (AvgIpc) is 3.05. The number of hydrogen-bond acceptors (Lipinski definition) is 3. The molecule has 1 aromatic heterocycles. The minimum Gasteiger partial charge on any atom is -0.347 e. The van der Waals surface area contributed by atoms with Crippen molar-refractivity contribution in [2.45, 2.75) is 52.0 Å². The summed E-state index contributed by atoms with van der Waals surface area (Å²) in [7, 11) is 0. The molecule has 22 heavy (non-hydrogen) atoms. The normalized spacial score (nSPS) is 22.5. The van der Waals surface area contributed by atoms with Gasteiger partial charge in [-0.2, -0.15) is 0 Å². The van der Waals surface area contributed by atoms with E-state index in [1.807, 2.05) is 11.8 Å². The third-order valence-electron chi connectivity index (χ3n) is 4.60. The molecule has 1 saturated heterocycles. The SMILES string of the molecule is C[C@@H]1CCc2sc(C(=O)N[C@H](C)CN3CCCC3=O)cc2C1. The first-order chi connectivity index (χ1) is 10.5. The Kier molecular flexibility index (Phi) is 4.52. The van der Waals surface area contributed by atoms with E-state index in [0.717, 1.165) is 36.6 Å². The third kappa shape index (κ3) is 3.35. The third-order valence-corrected chi connectivity index (χ3v) is 5.83. The monoisotopic (exact) mass is 320 g/mol. The topological polar surface area (TPSA) is 49.4 Å². The smallest absolute Gasteiger partial charge is 0.261 e. The lowest BCUT2D eigenvalue weighted by molar-refractivity contribution is -0.127. The molecule has 0 radical (unpaired) electrons. The molecule has 3 rings (SSSR count). The molecule has 2 atom stereocenters. The van der Waals surface area contributed by atoms with Crippen LogP contribution in [0, 0.1) is 5.92 Å². The van der Waals surface area contributed by atoms with Gasteiger partial charge in [0.1, 0.15) is 0 Å². The summed E-state index contributed by atoms with van der Waals surface area (Å²) in [6.07, 6.45) is 5.01. The number of aryl methyl sites for hydroxylation is 1. The van der Waals surface area contributed by atoms with Crippen molar-refractivity contribution in [1.82, 2.24) is 10.2 Å². The van der Waals surface area contributed by atoms with E-state index in [1.54, 1.807) is 11.3 Å². The highest BCUT2D eigenvalue weighted by molar-refractivity contribution is 7.14. The van der Waals surface area contributed by atoms with Crippen molar-refractivity contribution in [2.24, 2.45) is 5.92 Å². The summed E-state index contributed by atoms with van der Waals surface area (Å²) in [5, 5.41) is 3.04. The molecule has 1 aromatic rings. The van der Waals surface area contributed by atoms with Crippen molar-refractivity contribution in [3.63, 3.8) is 0 Å². The van der Waals surface area contributed by atoms with E-state index < -0.39 is 0 Å². The molecule has 0 unspecified atom stereocenters. The number of amides is 2. The zero-order chi connectivity index (χ0) is 15.7. The van der Waals surface area contributed by atoms with Crippen LogP contribution in [0.5, 0.6) is 0 Å². The molecule has 2 heterocycles. The molecular formula is C17H24N2O2S. The predicted molar refractivity (Wildman–Crippen MR) is 88.3 cm³/mol. The van der Waals surface area contributed by atoms with E-state index >= 15 is 0 Å². The molecule has 120 valence electrons. The maximum Gasteiger partial charge on any atom is 0.261 e. The predicted octanol–water partition coefficient (Wildman–Crippen LogP) is 2.61. The Morgan fingerprint density at radius 1 is 1.50 bits per heavy atom. The lowest BCUT2D eigenvalue weighted by Crippen LogP contribution is -2.42. The van der Waals surface area contributed by atoms with Crippen molar-refractivity contribution in [1.29, 1.82) is 0 Å². The van der Waals surface area contributed by atoms with Crippen LogP contribution in [-0.4, -0.2) is 35.8 Å². The van der Waals surface area contributed by atoms with Crippen LogP contribution in [0.15, 0.2) is 6.07 Å². The van der Waals surface area contributed by atoms with Crippen molar-refractivity contribution < 1.29 is 9.59 Å². The Bertz CT molecular complexity index is 581. The Morgan fingerprint density at radius 2 is 2.32 bits per heavy atom. The Hall–Kier alpha value is -1.36. The molecule has 0 aromatic carbocycles. The van der Waals surface area contributed by atoms with Gasteiger partial charge >= 0.3 is 0 Å². The van der Waals surface area contributed by atoms with Gasteiger partial charge in [-0.1, -0.05) is 6.92 Å². The molecule has 0 spiro atoms. The summed E-state index contributed by atoms with van der Waals surface area (Å²) in [5.74, 6) is 0.936. The van der Waals surface area contributed by atoms with Crippen molar-refractivity contribution in [3.05, 3.63) is 21.4 Å². The number of fused-ring (bicyclic) bond motifs is 1. The Labute approximate surface area is 135 Å². The van der Waals surface area contributed by atoms with E-state index in [-0.39, 0.29) is 17.9 Å². The summed E-state index contributed by atoms with van der Waals surface area (Å²) in [5.41, 5.74) is 1.36. The second-order valence-electron chi connectivity index (χ2n) is 6.72. The summed E-state index contributed by atoms with van der Waals surface area (Å²) < 4.78 is 0. The molecular weight excluding hydrogens is 296 g/mol. The number of carbonyl (C=O) groups excluding carboxylic acids is 2. The van der Waals surface area contributed by atoms with Gasteiger partial charge in [-0.3, -0.25) is 9.59 Å². The largest absolute Gasteiger partial charge is 0.347 e. The number of likely N-dealkylation sites (tertiary alicyclic amines) is 1. The fourth-order valence-corrected chi connectivity index (χ4v) is 4.50. The number of thiophene rings is 1. The van der Waals surface area contributed by atoms with E-state index in [4.69, 9.17) is 0 Å². The van der Waals surface area contributed by atoms with Gasteiger partial charge in [0.2, 0.25) is 5.91 Å². The maximum atomic E-state index is 12.4. The zero-order valence-electron chi connectivity index (χ0n) is 13.4. The molecule has 5 heteroatoms. The first-order valence-corrected chi connectivity index (χ1v) is 9.05. The van der Waals surface area contributed by atoms with Crippen LogP contribution in [0.1, 0.15) is 53.2 Å². The van der Waals surface area contributed by atoms with Gasteiger partial charge in [0.15, 0.2) is 0 Å². The lowest BCUT2D eigenvalue weighted by atomic mass is 9.90. The fraction of sp³-hybridized carbons (Fsp3) is 0.647. The van der Waals surface area contributed by atoms with Gasteiger partial charge in [-0.05, 0) is 50.2 Å². The van der Waals surface area contributed by atoms with E-state index in [2.05, 4.69) is 18.3 Å². The maximum absolute atomic E-state index is 12.4. The highest BCUT2D eigenvalue weighted by Gasteiger charge is 2.24. The minimum atomic E-state index is -0.00685. The molecule has 1 aliphatic heterocycles. The zero-order valence-corrected chi connectivity index (χ0v) is 14.2. The van der Waals surface area contributed by atoms with Crippen LogP contribution in [0.3, 0.4) is 0 Å². The summed E-state index contributed by atoms with van der Waals surface area (Å²) >= 11 is 1.64. The number of rotatable bonds is 4. The number of hydrogen-bond donors (Lipinski definition) is 1. The standard InChI is InChI=1S/C17H24N2O2S/c1-11-5-6-14-13(8-11)9-15(22-14)17(21)18-12(2)10-19-7-3-4-16(19)20/h9,11-12H,3-8,10H2,1-2H3,(H,18,21)/t11-,12-/m1/s1. The molecule has 1 fully saturated rings. The molecule has 2 aliphatic rings. The number of nitrogens with one attached hydrogen (secondary N) is 1. The molecule has 0 bridgehead atoms. The molecule has 0 saturated carbocycles. The summed E-state index contributed by atoms with van der Waals surface area (Å²) in [6.45, 7) is 5.69. The Morgan fingerprint density at radius 3 is 3.05 bits per heavy atom. The average molecular weight is 320 g/mol. The van der Waals surface area contributed by atoms with E-state index in [1.165, 1.54) is 16.9 Å². The lowest BCUT2D eigenvalue weighted by Gasteiger charge is -2.21. The van der Waals surface area contributed by atoms with Crippen molar-refractivity contribution >= 4 is 23.2 Å². The van der Waals surface area contributed by atoms with Crippen molar-refractivity contribution in [2.75, 3.05) is 13.1 Å². The van der Waals surface area contributed by atoms with E-state index in [9.17, 15) is 9.59 Å². The van der Waals surface area contributed by atoms with E-state index in [0.29, 0.717) is 13.0 Å². The Balaban J connectivity index is 1.58. The molecule has 1 aliphatic carbocycles. The second kappa shape index (κ2) is 6.41. The first kappa shape index (κ1) is 15.5. The molecule has 1 N–H and O–H groups in total. The van der Waals surface area contributed by atoms with Gasteiger partial charge in [0, 0.05) is 30.4 Å². The van der Waals surface area contributed by atoms with Gasteiger partial charge in [0.25, 0.3) is 5.91 Å². The van der Waals surface area contributed by atoms with Crippen LogP contribution < -0.4 is 5.32 Å². The number of nitrogens with zero attached hydrogens (tertiary/aromatic N) is 1. The summed E-state index contributed by atoms with van der Waals surface area (Å²) in [6, 6.07) is 2.06. The van der Waals surface area contributed by atoms with Crippen LogP contribution in [0.2, 0.25) is 0 Å². The highest BCUT2D eigenvalue weighted by Crippen LogP contribution is 2.32. The van der Waals surface area contributed by atoms with Gasteiger partial charge in [-0.15, -0.1) is 11.3 Å².